The van der Waals surface area contributed by atoms with E-state index in [-0.39, 0.29) is 37.1 Å². The van der Waals surface area contributed by atoms with Crippen LogP contribution in [0.25, 0.3) is 10.9 Å². The summed E-state index contributed by atoms with van der Waals surface area (Å²) in [5.74, 6) is -30.3. The number of ketones is 1. The predicted octanol–water partition coefficient (Wildman–Crippen LogP) is -3.67. The number of ether oxygens (including phenoxy) is 2. The second kappa shape index (κ2) is 50.6. The highest BCUT2D eigenvalue weighted by Gasteiger charge is 2.41. The number of nitrogens with one attached hydrogen (secondary N) is 15. The second-order valence-corrected chi connectivity index (χ2v) is 30.2. The fourth-order valence-corrected chi connectivity index (χ4v) is 12.4. The lowest BCUT2D eigenvalue weighted by atomic mass is 9.96. The number of benzene rings is 2. The van der Waals surface area contributed by atoms with Crippen molar-refractivity contribution < 1.29 is 136 Å². The second-order valence-electron chi connectivity index (χ2n) is 30.2. The van der Waals surface area contributed by atoms with E-state index in [1.807, 2.05) is 16.0 Å². The molecule has 24 N–H and O–H groups in total. The molecule has 45 heteroatoms. The number of carbonyl (C=O) groups is 21. The molecule has 1 aliphatic rings. The van der Waals surface area contributed by atoms with Crippen molar-refractivity contribution >= 4 is 141 Å². The Labute approximate surface area is 705 Å². The molecule has 0 spiro atoms. The average Bonchev–Trinajstić information content (AvgIpc) is 1.77. The number of hydrogen-bond acceptors (Lipinski definition) is 25. The number of hydrogen-bond donors (Lipinski definition) is 22. The summed E-state index contributed by atoms with van der Waals surface area (Å²) in [6.07, 6.45) is -2.70. The van der Waals surface area contributed by atoms with Crippen molar-refractivity contribution in [3.05, 3.63) is 65.9 Å². The van der Waals surface area contributed by atoms with Gasteiger partial charge in [-0.25, -0.2) is 9.59 Å². The molecule has 1 aromatic heterocycles. The van der Waals surface area contributed by atoms with Gasteiger partial charge in [0.2, 0.25) is 82.7 Å². The molecule has 13 unspecified atom stereocenters. The quantitative estimate of drug-likeness (QED) is 0.0114. The number of fused-ring (bicyclic) bond motifs is 1. The lowest BCUT2D eigenvalue weighted by Crippen LogP contribution is -2.62. The number of rotatable bonds is 37. The lowest BCUT2D eigenvalue weighted by molar-refractivity contribution is -0.156. The number of esters is 1. The minimum Gasteiger partial charge on any atom is -0.481 e. The molecule has 15 amide bonds. The summed E-state index contributed by atoms with van der Waals surface area (Å²) in [6, 6.07) is -11.0. The highest BCUT2D eigenvalue weighted by molar-refractivity contribution is 6.05. The number of aliphatic carboxylic acids is 4. The number of aromatic amines is 1. The monoisotopic (exact) mass is 1730 g/mol. The van der Waals surface area contributed by atoms with Crippen molar-refractivity contribution in [2.45, 2.75) is 242 Å². The molecule has 4 rings (SSSR count). The van der Waals surface area contributed by atoms with E-state index in [1.165, 1.54) is 45.0 Å². The molecule has 2 aromatic carbocycles. The molecule has 1 saturated heterocycles. The van der Waals surface area contributed by atoms with E-state index >= 15 is 0 Å². The van der Waals surface area contributed by atoms with Crippen molar-refractivity contribution in [1.29, 1.82) is 0 Å². The van der Waals surface area contributed by atoms with Crippen LogP contribution >= 0.6 is 0 Å². The number of nitrogen functional groups attached to an aromatic ring is 1. The number of alkyl carbamates (subject to hydrolysis) is 1. The zero-order valence-corrected chi connectivity index (χ0v) is 69.0. The van der Waals surface area contributed by atoms with E-state index in [4.69, 9.17) is 20.9 Å². The van der Waals surface area contributed by atoms with E-state index in [0.29, 0.717) is 29.3 Å². The number of Topliss-reactive ketones (excluding diaryl/α,β-unsaturated/α-hetero) is 1. The maximum Gasteiger partial charge on any atom is 0.407 e. The molecular formula is C78H111N17O28. The first kappa shape index (κ1) is 102. The van der Waals surface area contributed by atoms with Gasteiger partial charge in [0.25, 0.3) is 0 Å². The van der Waals surface area contributed by atoms with Gasteiger partial charge in [-0.3, -0.25) is 91.1 Å². The number of amides is 15. The number of primary amides is 1. The fourth-order valence-electron chi connectivity index (χ4n) is 12.4. The minimum atomic E-state index is -2.49. The Hall–Kier alpha value is -13.4. The van der Waals surface area contributed by atoms with Gasteiger partial charge in [0.15, 0.2) is 5.78 Å². The SMILES string of the molecule is CCCCCCCCCCC(=O)NC(Cc1c[nH]c2ccccc12)C(=O)NC(CC(N)=O)C(=O)NC(CC(=O)O)C(=O)NC1C(=O)NCC(=O)NC(CCCNC(=O)OC(C)(C)C)C(=O)NC(CC(=O)O)C(=O)NC(C)C(=O)NC(CC(=O)O)C(=O)NCC(=O)NC(CO)C(=O)NC(C(C)CC(=O)O)C(=O)NC(CC(=O)c2ccccc2N)C(=O)OC1C. The number of aromatic nitrogens is 1. The van der Waals surface area contributed by atoms with Gasteiger partial charge in [-0.05, 0) is 83.6 Å². The van der Waals surface area contributed by atoms with Crippen LogP contribution in [0.3, 0.4) is 0 Å². The molecule has 123 heavy (non-hydrogen) atoms. The Morgan fingerprint density at radius 2 is 1.10 bits per heavy atom. The number of carboxylic acid groups (broad SMARTS) is 4. The maximum absolute atomic E-state index is 14.9. The van der Waals surface area contributed by atoms with Crippen molar-refractivity contribution in [3.8, 4) is 0 Å². The first-order chi connectivity index (χ1) is 57.9. The molecular weight excluding hydrogens is 1620 g/mol. The molecule has 0 aliphatic carbocycles. The molecule has 0 bridgehead atoms. The zero-order chi connectivity index (χ0) is 92.0. The number of para-hydroxylation sites is 2. The van der Waals surface area contributed by atoms with Crippen molar-refractivity contribution in [2.75, 3.05) is 32.0 Å². The van der Waals surface area contributed by atoms with Gasteiger partial charge in [-0.1, -0.05) is 89.1 Å². The molecule has 2 heterocycles. The summed E-state index contributed by atoms with van der Waals surface area (Å²) < 4.78 is 11.0. The van der Waals surface area contributed by atoms with E-state index in [2.05, 4.69) is 70.4 Å². The van der Waals surface area contributed by atoms with E-state index in [9.17, 15) is 126 Å². The van der Waals surface area contributed by atoms with Crippen molar-refractivity contribution in [1.82, 2.24) is 79.4 Å². The third kappa shape index (κ3) is 36.6. The van der Waals surface area contributed by atoms with Crippen LogP contribution in [0, 0.1) is 5.92 Å². The molecule has 3 aromatic rings. The van der Waals surface area contributed by atoms with Crippen LogP contribution in [0.2, 0.25) is 0 Å². The molecule has 0 radical (unpaired) electrons. The van der Waals surface area contributed by atoms with Gasteiger partial charge in [-0.15, -0.1) is 0 Å². The van der Waals surface area contributed by atoms with Crippen LogP contribution < -0.4 is 85.9 Å². The van der Waals surface area contributed by atoms with Crippen LogP contribution in [0.4, 0.5) is 10.5 Å². The molecule has 676 valence electrons. The number of carbonyl (C=O) groups excluding carboxylic acids is 17. The van der Waals surface area contributed by atoms with Crippen LogP contribution in [-0.4, -0.2) is 259 Å². The van der Waals surface area contributed by atoms with Gasteiger partial charge < -0.3 is 126 Å². The van der Waals surface area contributed by atoms with Crippen LogP contribution in [0.15, 0.2) is 54.7 Å². The Morgan fingerprint density at radius 1 is 0.561 bits per heavy atom. The number of nitrogens with two attached hydrogens (primary N) is 2. The Morgan fingerprint density at radius 3 is 1.69 bits per heavy atom. The number of cyclic esters (lactones) is 1. The summed E-state index contributed by atoms with van der Waals surface area (Å²) in [5.41, 5.74) is 11.3. The Bertz CT molecular complexity index is 4320. The molecule has 1 fully saturated rings. The average molecular weight is 1730 g/mol. The van der Waals surface area contributed by atoms with Crippen molar-refractivity contribution in [3.63, 3.8) is 0 Å². The van der Waals surface area contributed by atoms with Gasteiger partial charge in [0, 0.05) is 54.2 Å². The summed E-state index contributed by atoms with van der Waals surface area (Å²) in [5, 5.41) is 81.4. The van der Waals surface area contributed by atoms with Gasteiger partial charge in [-0.2, -0.15) is 0 Å². The minimum absolute atomic E-state index is 0.0286. The third-order valence-corrected chi connectivity index (χ3v) is 18.8. The topological polar surface area (TPSA) is 714 Å². The number of aliphatic hydroxyl groups is 1. The summed E-state index contributed by atoms with van der Waals surface area (Å²) in [6.45, 7) is 5.47. The van der Waals surface area contributed by atoms with Crippen molar-refractivity contribution in [2.24, 2.45) is 11.7 Å². The predicted molar refractivity (Wildman–Crippen MR) is 430 cm³/mol. The summed E-state index contributed by atoms with van der Waals surface area (Å²) >= 11 is 0. The largest absolute Gasteiger partial charge is 0.481 e. The van der Waals surface area contributed by atoms with E-state index < -0.39 is 273 Å². The summed E-state index contributed by atoms with van der Waals surface area (Å²) in [4.78, 5) is 291. The first-order valence-corrected chi connectivity index (χ1v) is 39.6. The Kier molecular flexibility index (Phi) is 42.0. The number of unbranched alkanes of at least 4 members (excludes halogenated alkanes) is 7. The zero-order valence-electron chi connectivity index (χ0n) is 69.0. The molecule has 13 atom stereocenters. The number of H-pyrrole nitrogens is 1. The van der Waals surface area contributed by atoms with Crippen LogP contribution in [0.5, 0.6) is 0 Å². The summed E-state index contributed by atoms with van der Waals surface area (Å²) in [7, 11) is 0. The number of carboxylic acids is 4. The lowest BCUT2D eigenvalue weighted by Gasteiger charge is -2.30. The molecule has 0 saturated carbocycles. The standard InChI is InChI=1S/C78H111N17O28/c1-8-9-10-11-12-13-14-15-26-57(99)87-48(29-42-35-82-46-24-19-17-21-43(42)46)70(114)90-49(31-56(80)98)71(115)92-52(34-63(108)109)72(116)95-65-41(4)122-76(120)53(30-55(97)44-22-16-18-23-45(44)79)93-75(119)64(39(2)28-60(102)103)94-73(117)54(38-96)88-59(101)36-83-67(111)50(32-61(104)105)89-66(110)40(3)85-69(113)51(33-62(106)107)91-68(112)47(86-58(100)37-84-74(65)118)25-20-27-81-77(121)123-78(5,6)7/h16-19,21-24,35,39-41,47-54,64-65,82,96H,8-15,20,25-34,36-38,79H2,1-7H3,(H2,80,98)(H,81,121)(H,83,111)(H,84,118)(H,85,113)(H,86,100)(H,87,99)(H,88,101)(H,89,110)(H,90,114)(H,91,112)(H,92,115)(H,93,119)(H,94,117)(H,95,116)(H,102,103)(H,104,105)(H,106,107)(H,108,109). The van der Waals surface area contributed by atoms with Gasteiger partial charge in [0.1, 0.15) is 78.2 Å². The highest BCUT2D eigenvalue weighted by Crippen LogP contribution is 2.22. The normalized spacial score (nSPS) is 20.6. The number of aliphatic hydroxyl groups excluding tert-OH is 1. The fraction of sp³-hybridized carbons (Fsp3) is 0.551. The maximum atomic E-state index is 14.9. The molecule has 1 aliphatic heterocycles. The molecule has 45 nitrogen and oxygen atoms in total. The Balaban J connectivity index is 1.91. The smallest absolute Gasteiger partial charge is 0.407 e. The third-order valence-electron chi connectivity index (χ3n) is 18.8. The van der Waals surface area contributed by atoms with E-state index in [0.717, 1.165) is 59.3 Å². The first-order valence-electron chi connectivity index (χ1n) is 39.6. The van der Waals surface area contributed by atoms with Gasteiger partial charge >= 0.3 is 35.9 Å². The van der Waals surface area contributed by atoms with Crippen LogP contribution in [-0.2, 0) is 107 Å². The van der Waals surface area contributed by atoms with E-state index in [1.54, 1.807) is 30.5 Å². The van der Waals surface area contributed by atoms with Gasteiger partial charge in [0.05, 0.1) is 51.8 Å². The number of anilines is 1. The highest BCUT2D eigenvalue weighted by atomic mass is 16.6. The van der Waals surface area contributed by atoms with Crippen LogP contribution in [0.1, 0.15) is 174 Å².